The van der Waals surface area contributed by atoms with Crippen molar-refractivity contribution in [3.05, 3.63) is 120 Å². The summed E-state index contributed by atoms with van der Waals surface area (Å²) in [5, 5.41) is 22.7. The second-order valence-electron chi connectivity index (χ2n) is 11.7. The van der Waals surface area contributed by atoms with Crippen molar-refractivity contribution in [1.29, 1.82) is 5.26 Å². The lowest BCUT2D eigenvalue weighted by Crippen LogP contribution is -2.42. The summed E-state index contributed by atoms with van der Waals surface area (Å²) in [6.45, 7) is 8.11. The topological polar surface area (TPSA) is 122 Å². The van der Waals surface area contributed by atoms with Crippen LogP contribution in [0.3, 0.4) is 0 Å². The summed E-state index contributed by atoms with van der Waals surface area (Å²) >= 11 is 12.4. The first-order chi connectivity index (χ1) is 20.3. The third kappa shape index (κ3) is 5.58. The first-order valence-corrected chi connectivity index (χ1v) is 14.5. The highest BCUT2D eigenvalue weighted by Gasteiger charge is 2.45. The standard InChI is InChI=1S/C33H30Cl2N4O4/c1-18-11-20(17-43-29-8-6-5-7-25(29)35)19(2)22(12-18)30-23(16-36)32(37)38(21-9-10-24(34)26(13-21)39(41)42)27-14-33(3,4)15-28(40)31(27)30/h5-13,30H,14-15,17,37H2,1-4H3. The minimum absolute atomic E-state index is 0.0251. The Balaban J connectivity index is 1.70. The van der Waals surface area contributed by atoms with Crippen molar-refractivity contribution in [3.8, 4) is 11.8 Å². The molecule has 5 rings (SSSR count). The molecule has 8 nitrogen and oxygen atoms in total. The molecular formula is C33H30Cl2N4O4. The van der Waals surface area contributed by atoms with Crippen LogP contribution in [0.15, 0.2) is 77.3 Å². The number of anilines is 1. The van der Waals surface area contributed by atoms with Gasteiger partial charge < -0.3 is 10.5 Å². The third-order valence-electron chi connectivity index (χ3n) is 8.00. The normalized spacial score (nSPS) is 17.9. The molecule has 0 fully saturated rings. The number of para-hydroxylation sites is 1. The highest BCUT2D eigenvalue weighted by Crippen LogP contribution is 2.51. The van der Waals surface area contributed by atoms with E-state index in [2.05, 4.69) is 6.07 Å². The number of halogens is 2. The predicted molar refractivity (Wildman–Crippen MR) is 167 cm³/mol. The molecule has 0 aromatic heterocycles. The van der Waals surface area contributed by atoms with Crippen molar-refractivity contribution in [1.82, 2.24) is 0 Å². The summed E-state index contributed by atoms with van der Waals surface area (Å²) in [5.74, 6) is -0.155. The maximum absolute atomic E-state index is 14.0. The van der Waals surface area contributed by atoms with E-state index in [1.54, 1.807) is 23.1 Å². The van der Waals surface area contributed by atoms with Gasteiger partial charge in [0, 0.05) is 23.8 Å². The van der Waals surface area contributed by atoms with Gasteiger partial charge in [-0.05, 0) is 66.6 Å². The van der Waals surface area contributed by atoms with E-state index in [0.29, 0.717) is 34.2 Å². The number of carbonyl (C=O) groups is 1. The highest BCUT2D eigenvalue weighted by atomic mass is 35.5. The number of nitrogens with two attached hydrogens (primary N) is 1. The fourth-order valence-corrected chi connectivity index (χ4v) is 6.40. The van der Waals surface area contributed by atoms with Crippen LogP contribution in [0.1, 0.15) is 54.9 Å². The van der Waals surface area contributed by atoms with Crippen LogP contribution in [0.25, 0.3) is 0 Å². The number of rotatable bonds is 6. The van der Waals surface area contributed by atoms with Crippen LogP contribution in [0.5, 0.6) is 5.75 Å². The summed E-state index contributed by atoms with van der Waals surface area (Å²) in [6.07, 6.45) is 0.747. The van der Waals surface area contributed by atoms with Gasteiger partial charge in [0.2, 0.25) is 0 Å². The Morgan fingerprint density at radius 2 is 1.84 bits per heavy atom. The first kappa shape index (κ1) is 30.1. The number of nitro groups is 1. The average Bonchev–Trinajstić information content (AvgIpc) is 2.93. The van der Waals surface area contributed by atoms with Crippen molar-refractivity contribution >= 4 is 40.4 Å². The first-order valence-electron chi connectivity index (χ1n) is 13.7. The molecule has 0 amide bonds. The lowest BCUT2D eigenvalue weighted by molar-refractivity contribution is -0.384. The summed E-state index contributed by atoms with van der Waals surface area (Å²) in [6, 6.07) is 17.8. The molecule has 1 aliphatic heterocycles. The Hall–Kier alpha value is -4.32. The molecule has 3 aromatic carbocycles. The second-order valence-corrected chi connectivity index (χ2v) is 12.5. The summed E-state index contributed by atoms with van der Waals surface area (Å²) in [5.41, 5.74) is 11.2. The van der Waals surface area contributed by atoms with E-state index < -0.39 is 16.3 Å². The number of nitriles is 1. The largest absolute Gasteiger partial charge is 0.487 e. The zero-order valence-electron chi connectivity index (χ0n) is 24.2. The van der Waals surface area contributed by atoms with Crippen molar-refractivity contribution < 1.29 is 14.5 Å². The Labute approximate surface area is 260 Å². The number of ether oxygens (including phenoxy) is 1. The quantitative estimate of drug-likeness (QED) is 0.219. The molecular weight excluding hydrogens is 587 g/mol. The van der Waals surface area contributed by atoms with E-state index in [9.17, 15) is 20.2 Å². The van der Waals surface area contributed by atoms with Gasteiger partial charge in [0.15, 0.2) is 5.78 Å². The Kier molecular flexibility index (Phi) is 7.99. The van der Waals surface area contributed by atoms with Crippen molar-refractivity contribution in [2.75, 3.05) is 4.90 Å². The fourth-order valence-electron chi connectivity index (χ4n) is 6.03. The average molecular weight is 618 g/mol. The molecule has 10 heteroatoms. The molecule has 0 saturated carbocycles. The Bertz CT molecular complexity index is 1790. The summed E-state index contributed by atoms with van der Waals surface area (Å²) in [7, 11) is 0. The molecule has 1 heterocycles. The fraction of sp³-hybridized carbons (Fsp3) is 0.273. The summed E-state index contributed by atoms with van der Waals surface area (Å²) in [4.78, 5) is 26.8. The van der Waals surface area contributed by atoms with Crippen LogP contribution in [0, 0.1) is 40.7 Å². The van der Waals surface area contributed by atoms with Crippen molar-refractivity contribution in [3.63, 3.8) is 0 Å². The molecule has 43 heavy (non-hydrogen) atoms. The number of carbonyl (C=O) groups excluding carboxylic acids is 1. The molecule has 0 saturated heterocycles. The number of allylic oxidation sites excluding steroid dienone is 3. The minimum Gasteiger partial charge on any atom is -0.487 e. The number of aryl methyl sites for hydroxylation is 1. The Morgan fingerprint density at radius 1 is 1.12 bits per heavy atom. The number of nitrogens with zero attached hydrogens (tertiary/aromatic N) is 3. The maximum atomic E-state index is 14.0. The lowest BCUT2D eigenvalue weighted by atomic mass is 9.68. The molecule has 2 aliphatic rings. The van der Waals surface area contributed by atoms with E-state index >= 15 is 0 Å². The SMILES string of the molecule is Cc1cc(COc2ccccc2Cl)c(C)c(C2C(C#N)=C(N)N(c3ccc(Cl)c([N+](=O)[O-])c3)C3=C2C(=O)CC(C)(C)C3)c1. The molecule has 1 aliphatic carbocycles. The summed E-state index contributed by atoms with van der Waals surface area (Å²) < 4.78 is 6.06. The van der Waals surface area contributed by atoms with E-state index in [1.807, 2.05) is 52.0 Å². The number of ketones is 1. The minimum atomic E-state index is -0.721. The van der Waals surface area contributed by atoms with E-state index in [1.165, 1.54) is 12.1 Å². The third-order valence-corrected chi connectivity index (χ3v) is 8.63. The van der Waals surface area contributed by atoms with Crippen LogP contribution >= 0.6 is 23.2 Å². The number of benzene rings is 3. The van der Waals surface area contributed by atoms with Gasteiger partial charge in [-0.1, -0.05) is 66.9 Å². The van der Waals surface area contributed by atoms with Gasteiger partial charge in [-0.2, -0.15) is 5.26 Å². The molecule has 3 aromatic rings. The molecule has 1 unspecified atom stereocenters. The zero-order valence-corrected chi connectivity index (χ0v) is 25.7. The van der Waals surface area contributed by atoms with Crippen LogP contribution in [-0.2, 0) is 11.4 Å². The van der Waals surface area contributed by atoms with Crippen LogP contribution in [-0.4, -0.2) is 10.7 Å². The van der Waals surface area contributed by atoms with Gasteiger partial charge in [-0.15, -0.1) is 0 Å². The van der Waals surface area contributed by atoms with Crippen molar-refractivity contribution in [2.45, 2.75) is 53.1 Å². The van der Waals surface area contributed by atoms with Crippen LogP contribution < -0.4 is 15.4 Å². The predicted octanol–water partition coefficient (Wildman–Crippen LogP) is 8.04. The number of hydrogen-bond acceptors (Lipinski definition) is 7. The van der Waals surface area contributed by atoms with Crippen LogP contribution in [0.2, 0.25) is 10.0 Å². The molecule has 2 N–H and O–H groups in total. The maximum Gasteiger partial charge on any atom is 0.289 e. The van der Waals surface area contributed by atoms with Gasteiger partial charge in [0.05, 0.1) is 33.2 Å². The van der Waals surface area contributed by atoms with Gasteiger partial charge in [0.1, 0.15) is 23.2 Å². The number of hydrogen-bond donors (Lipinski definition) is 1. The zero-order chi connectivity index (χ0) is 31.2. The highest BCUT2D eigenvalue weighted by molar-refractivity contribution is 6.32. The number of nitro benzene ring substituents is 1. The van der Waals surface area contributed by atoms with Crippen LogP contribution in [0.4, 0.5) is 11.4 Å². The smallest absolute Gasteiger partial charge is 0.289 e. The molecule has 0 radical (unpaired) electrons. The number of Topliss-reactive ketones (excluding diaryl/α,β-unsaturated/α-hetero) is 1. The molecule has 0 spiro atoms. The van der Waals surface area contributed by atoms with Gasteiger partial charge >= 0.3 is 0 Å². The van der Waals surface area contributed by atoms with Gasteiger partial charge in [-0.25, -0.2) is 0 Å². The van der Waals surface area contributed by atoms with E-state index in [0.717, 1.165) is 22.3 Å². The Morgan fingerprint density at radius 3 is 2.51 bits per heavy atom. The monoisotopic (exact) mass is 616 g/mol. The molecule has 220 valence electrons. The van der Waals surface area contributed by atoms with Gasteiger partial charge in [0.25, 0.3) is 5.69 Å². The molecule has 1 atom stereocenters. The second kappa shape index (κ2) is 11.4. The van der Waals surface area contributed by atoms with E-state index in [4.69, 9.17) is 33.7 Å². The van der Waals surface area contributed by atoms with E-state index in [-0.39, 0.29) is 40.9 Å². The molecule has 0 bridgehead atoms. The van der Waals surface area contributed by atoms with Gasteiger partial charge in [-0.3, -0.25) is 19.8 Å². The lowest BCUT2D eigenvalue weighted by Gasteiger charge is -2.44. The van der Waals surface area contributed by atoms with Crippen molar-refractivity contribution in [2.24, 2.45) is 11.1 Å².